The molecular formula is C14H23N3. The topological polar surface area (TPSA) is 28.2 Å². The lowest BCUT2D eigenvalue weighted by atomic mass is 9.85. The van der Waals surface area contributed by atoms with Gasteiger partial charge in [0.25, 0.3) is 0 Å². The van der Waals surface area contributed by atoms with E-state index >= 15 is 0 Å². The predicted octanol–water partition coefficient (Wildman–Crippen LogP) is 2.60. The van der Waals surface area contributed by atoms with Crippen molar-refractivity contribution in [2.45, 2.75) is 32.2 Å². The van der Waals surface area contributed by atoms with E-state index < -0.39 is 0 Å². The molecule has 1 aromatic rings. The lowest BCUT2D eigenvalue weighted by Crippen LogP contribution is -2.30. The molecule has 1 aliphatic rings. The highest BCUT2D eigenvalue weighted by atomic mass is 15.2. The number of nitrogens with one attached hydrogen (secondary N) is 1. The van der Waals surface area contributed by atoms with Gasteiger partial charge < -0.3 is 10.2 Å². The number of aromatic nitrogens is 1. The first-order chi connectivity index (χ1) is 8.20. The van der Waals surface area contributed by atoms with Crippen molar-refractivity contribution >= 4 is 5.82 Å². The SMILES string of the molecule is CNC(C)c1ccnc(N(C)CC2CCC2)c1. The molecule has 0 aromatic carbocycles. The lowest BCUT2D eigenvalue weighted by molar-refractivity contribution is 0.321. The van der Waals surface area contributed by atoms with Crippen molar-refractivity contribution < 1.29 is 0 Å². The van der Waals surface area contributed by atoms with E-state index in [0.29, 0.717) is 6.04 Å². The second-order valence-corrected chi connectivity index (χ2v) is 5.14. The van der Waals surface area contributed by atoms with Gasteiger partial charge in [0.15, 0.2) is 0 Å². The van der Waals surface area contributed by atoms with Crippen LogP contribution in [0.2, 0.25) is 0 Å². The number of pyridine rings is 1. The Kier molecular flexibility index (Phi) is 4.00. The third-order valence-corrected chi connectivity index (χ3v) is 3.85. The first kappa shape index (κ1) is 12.4. The van der Waals surface area contributed by atoms with Crippen LogP contribution >= 0.6 is 0 Å². The van der Waals surface area contributed by atoms with Gasteiger partial charge in [-0.2, -0.15) is 0 Å². The predicted molar refractivity (Wildman–Crippen MR) is 72.3 cm³/mol. The van der Waals surface area contributed by atoms with Crippen LogP contribution in [0, 0.1) is 5.92 Å². The van der Waals surface area contributed by atoms with Crippen LogP contribution in [0.4, 0.5) is 5.82 Å². The van der Waals surface area contributed by atoms with Crippen LogP contribution in [0.25, 0.3) is 0 Å². The minimum atomic E-state index is 0.383. The molecule has 1 unspecified atom stereocenters. The van der Waals surface area contributed by atoms with Crippen molar-refractivity contribution in [3.63, 3.8) is 0 Å². The number of rotatable bonds is 5. The quantitative estimate of drug-likeness (QED) is 0.847. The lowest BCUT2D eigenvalue weighted by Gasteiger charge is -2.31. The summed E-state index contributed by atoms with van der Waals surface area (Å²) in [6.07, 6.45) is 6.09. The van der Waals surface area contributed by atoms with Crippen LogP contribution in [0.5, 0.6) is 0 Å². The second-order valence-electron chi connectivity index (χ2n) is 5.14. The summed E-state index contributed by atoms with van der Waals surface area (Å²) >= 11 is 0. The van der Waals surface area contributed by atoms with Crippen molar-refractivity contribution in [2.24, 2.45) is 5.92 Å². The molecular weight excluding hydrogens is 210 g/mol. The highest BCUT2D eigenvalue weighted by molar-refractivity contribution is 5.41. The molecule has 0 aliphatic heterocycles. The molecule has 3 nitrogen and oxygen atoms in total. The van der Waals surface area contributed by atoms with Gasteiger partial charge in [0.1, 0.15) is 5.82 Å². The van der Waals surface area contributed by atoms with Gasteiger partial charge in [0, 0.05) is 25.8 Å². The van der Waals surface area contributed by atoms with Gasteiger partial charge in [-0.05, 0) is 50.4 Å². The van der Waals surface area contributed by atoms with Gasteiger partial charge in [-0.3, -0.25) is 0 Å². The zero-order valence-corrected chi connectivity index (χ0v) is 11.1. The van der Waals surface area contributed by atoms with E-state index in [1.54, 1.807) is 0 Å². The number of hydrogen-bond donors (Lipinski definition) is 1. The van der Waals surface area contributed by atoms with Gasteiger partial charge in [-0.25, -0.2) is 4.98 Å². The van der Waals surface area contributed by atoms with E-state index in [0.717, 1.165) is 18.3 Å². The maximum atomic E-state index is 4.47. The number of anilines is 1. The van der Waals surface area contributed by atoms with Crippen LogP contribution in [-0.2, 0) is 0 Å². The average molecular weight is 233 g/mol. The molecule has 17 heavy (non-hydrogen) atoms. The Bertz CT molecular complexity index is 360. The van der Waals surface area contributed by atoms with Crippen molar-refractivity contribution in [1.82, 2.24) is 10.3 Å². The summed E-state index contributed by atoms with van der Waals surface area (Å²) in [5, 5.41) is 3.26. The van der Waals surface area contributed by atoms with E-state index in [4.69, 9.17) is 0 Å². The smallest absolute Gasteiger partial charge is 0.128 e. The van der Waals surface area contributed by atoms with Gasteiger partial charge in [0.05, 0.1) is 0 Å². The molecule has 1 aromatic heterocycles. The molecule has 1 N–H and O–H groups in total. The Morgan fingerprint density at radius 3 is 2.88 bits per heavy atom. The van der Waals surface area contributed by atoms with E-state index in [1.807, 2.05) is 13.2 Å². The van der Waals surface area contributed by atoms with Crippen LogP contribution in [0.15, 0.2) is 18.3 Å². The van der Waals surface area contributed by atoms with E-state index in [2.05, 4.69) is 41.3 Å². The summed E-state index contributed by atoms with van der Waals surface area (Å²) in [7, 11) is 4.14. The fourth-order valence-electron chi connectivity index (χ4n) is 2.24. The molecule has 0 radical (unpaired) electrons. The molecule has 0 saturated heterocycles. The van der Waals surface area contributed by atoms with Crippen LogP contribution in [0.3, 0.4) is 0 Å². The standard InChI is InChI=1S/C14H23N3/c1-11(15-2)13-7-8-16-14(9-13)17(3)10-12-5-4-6-12/h7-9,11-12,15H,4-6,10H2,1-3H3. The molecule has 3 heteroatoms. The summed E-state index contributed by atoms with van der Waals surface area (Å²) in [4.78, 5) is 6.75. The minimum Gasteiger partial charge on any atom is -0.359 e. The summed E-state index contributed by atoms with van der Waals surface area (Å²) in [6.45, 7) is 3.31. The van der Waals surface area contributed by atoms with Crippen molar-refractivity contribution in [3.05, 3.63) is 23.9 Å². The monoisotopic (exact) mass is 233 g/mol. The van der Waals surface area contributed by atoms with Gasteiger partial charge in [-0.1, -0.05) is 6.42 Å². The Morgan fingerprint density at radius 2 is 2.29 bits per heavy atom. The first-order valence-corrected chi connectivity index (χ1v) is 6.55. The molecule has 1 fully saturated rings. The summed E-state index contributed by atoms with van der Waals surface area (Å²) in [5.74, 6) is 1.98. The fourth-order valence-corrected chi connectivity index (χ4v) is 2.24. The van der Waals surface area contributed by atoms with Gasteiger partial charge in [-0.15, -0.1) is 0 Å². The summed E-state index contributed by atoms with van der Waals surface area (Å²) < 4.78 is 0. The molecule has 1 aliphatic carbocycles. The second kappa shape index (κ2) is 5.50. The van der Waals surface area contributed by atoms with Gasteiger partial charge in [0.2, 0.25) is 0 Å². The van der Waals surface area contributed by atoms with Crippen LogP contribution in [0.1, 0.15) is 37.8 Å². The molecule has 94 valence electrons. The Balaban J connectivity index is 2.03. The van der Waals surface area contributed by atoms with Crippen LogP contribution < -0.4 is 10.2 Å². The summed E-state index contributed by atoms with van der Waals surface area (Å²) in [6, 6.07) is 4.66. The van der Waals surface area contributed by atoms with Crippen molar-refractivity contribution in [2.75, 3.05) is 25.5 Å². The molecule has 2 rings (SSSR count). The maximum absolute atomic E-state index is 4.47. The first-order valence-electron chi connectivity index (χ1n) is 6.55. The number of nitrogens with zero attached hydrogens (tertiary/aromatic N) is 2. The van der Waals surface area contributed by atoms with E-state index in [-0.39, 0.29) is 0 Å². The molecule has 1 heterocycles. The van der Waals surface area contributed by atoms with Gasteiger partial charge >= 0.3 is 0 Å². The zero-order chi connectivity index (χ0) is 12.3. The molecule has 1 saturated carbocycles. The minimum absolute atomic E-state index is 0.383. The molecule has 0 amide bonds. The number of hydrogen-bond acceptors (Lipinski definition) is 3. The third kappa shape index (κ3) is 2.97. The Morgan fingerprint density at radius 1 is 1.53 bits per heavy atom. The Hall–Kier alpha value is -1.09. The molecule has 1 atom stereocenters. The summed E-state index contributed by atoms with van der Waals surface area (Å²) in [5.41, 5.74) is 1.30. The van der Waals surface area contributed by atoms with E-state index in [1.165, 1.54) is 24.8 Å². The van der Waals surface area contributed by atoms with Crippen molar-refractivity contribution in [1.29, 1.82) is 0 Å². The third-order valence-electron chi connectivity index (χ3n) is 3.85. The average Bonchev–Trinajstić information content (AvgIpc) is 2.32. The molecule has 0 bridgehead atoms. The highest BCUT2D eigenvalue weighted by Crippen LogP contribution is 2.28. The highest BCUT2D eigenvalue weighted by Gasteiger charge is 2.19. The molecule has 0 spiro atoms. The Labute approximate surface area is 104 Å². The fraction of sp³-hybridized carbons (Fsp3) is 0.643. The normalized spacial score (nSPS) is 17.6. The van der Waals surface area contributed by atoms with E-state index in [9.17, 15) is 0 Å². The largest absolute Gasteiger partial charge is 0.359 e. The zero-order valence-electron chi connectivity index (χ0n) is 11.1. The van der Waals surface area contributed by atoms with Crippen molar-refractivity contribution in [3.8, 4) is 0 Å². The maximum Gasteiger partial charge on any atom is 0.128 e. The van der Waals surface area contributed by atoms with Crippen LogP contribution in [-0.4, -0.2) is 25.6 Å².